The van der Waals surface area contributed by atoms with Gasteiger partial charge < -0.3 is 14.1 Å². The van der Waals surface area contributed by atoms with Crippen LogP contribution in [0.2, 0.25) is 5.02 Å². The van der Waals surface area contributed by atoms with E-state index in [0.717, 1.165) is 24.2 Å². The topological polar surface area (TPSA) is 78.6 Å². The van der Waals surface area contributed by atoms with E-state index in [9.17, 15) is 14.0 Å². The summed E-state index contributed by atoms with van der Waals surface area (Å²) in [6.45, 7) is 3.60. The zero-order valence-corrected chi connectivity index (χ0v) is 21.5. The van der Waals surface area contributed by atoms with Gasteiger partial charge in [-0.3, -0.25) is 14.5 Å². The monoisotopic (exact) mass is 538 g/mol. The SMILES string of the molecule is O=C(c1ccco1)N(CCN1CCOCC1)CC(=O)N1N=C(c2ccc(F)cc2)CC1c1ccc(Cl)cc1. The van der Waals surface area contributed by atoms with Crippen molar-refractivity contribution in [2.45, 2.75) is 12.5 Å². The van der Waals surface area contributed by atoms with E-state index in [2.05, 4.69) is 10.0 Å². The minimum absolute atomic E-state index is 0.172. The molecule has 3 aromatic rings. The Hall–Kier alpha value is -3.53. The fourth-order valence-corrected chi connectivity index (χ4v) is 4.76. The number of rotatable bonds is 8. The van der Waals surface area contributed by atoms with Crippen LogP contribution in [0.4, 0.5) is 4.39 Å². The molecule has 10 heteroatoms. The van der Waals surface area contributed by atoms with Crippen molar-refractivity contribution in [3.8, 4) is 0 Å². The van der Waals surface area contributed by atoms with Gasteiger partial charge in [0.05, 0.1) is 31.2 Å². The van der Waals surface area contributed by atoms with Crippen LogP contribution in [0.15, 0.2) is 76.4 Å². The predicted octanol–water partition coefficient (Wildman–Crippen LogP) is 4.22. The molecule has 0 saturated carbocycles. The Morgan fingerprint density at radius 3 is 2.47 bits per heavy atom. The van der Waals surface area contributed by atoms with Crippen molar-refractivity contribution in [2.75, 3.05) is 45.9 Å². The van der Waals surface area contributed by atoms with Crippen LogP contribution in [-0.4, -0.2) is 78.3 Å². The molecule has 0 bridgehead atoms. The lowest BCUT2D eigenvalue weighted by Gasteiger charge is -2.30. The van der Waals surface area contributed by atoms with E-state index >= 15 is 0 Å². The minimum Gasteiger partial charge on any atom is -0.459 e. The van der Waals surface area contributed by atoms with E-state index in [1.54, 1.807) is 36.4 Å². The Bertz CT molecular complexity index is 1280. The number of hydrogen-bond donors (Lipinski definition) is 0. The second-order valence-corrected chi connectivity index (χ2v) is 9.66. The van der Waals surface area contributed by atoms with Crippen LogP contribution in [0.1, 0.15) is 34.1 Å². The fraction of sp³-hybridized carbons (Fsp3) is 0.321. The highest BCUT2D eigenvalue weighted by Crippen LogP contribution is 2.33. The molecule has 0 radical (unpaired) electrons. The maximum absolute atomic E-state index is 13.7. The predicted molar refractivity (Wildman–Crippen MR) is 140 cm³/mol. The number of nitrogens with zero attached hydrogens (tertiary/aromatic N) is 4. The van der Waals surface area contributed by atoms with Gasteiger partial charge in [-0.15, -0.1) is 0 Å². The Morgan fingerprint density at radius 1 is 1.05 bits per heavy atom. The summed E-state index contributed by atoms with van der Waals surface area (Å²) in [6.07, 6.45) is 1.88. The molecular weight excluding hydrogens is 511 g/mol. The summed E-state index contributed by atoms with van der Waals surface area (Å²) in [4.78, 5) is 30.7. The number of halogens is 2. The molecular formula is C28H28ClFN4O4. The third kappa shape index (κ3) is 6.12. The molecule has 1 saturated heterocycles. The highest BCUT2D eigenvalue weighted by molar-refractivity contribution is 6.30. The van der Waals surface area contributed by atoms with Crippen molar-refractivity contribution in [3.05, 3.63) is 94.7 Å². The number of furan rings is 1. The van der Waals surface area contributed by atoms with E-state index in [1.165, 1.54) is 28.3 Å². The molecule has 0 N–H and O–H groups in total. The molecule has 0 aliphatic carbocycles. The van der Waals surface area contributed by atoms with Crippen molar-refractivity contribution in [2.24, 2.45) is 5.10 Å². The quantitative estimate of drug-likeness (QED) is 0.429. The molecule has 1 atom stereocenters. The molecule has 2 amide bonds. The van der Waals surface area contributed by atoms with Gasteiger partial charge in [0.2, 0.25) is 0 Å². The summed E-state index contributed by atoms with van der Waals surface area (Å²) in [5.74, 6) is -0.863. The van der Waals surface area contributed by atoms with Crippen LogP contribution < -0.4 is 0 Å². The van der Waals surface area contributed by atoms with Gasteiger partial charge in [-0.05, 0) is 47.5 Å². The number of hydrogen-bond acceptors (Lipinski definition) is 6. The van der Waals surface area contributed by atoms with Crippen LogP contribution in [0, 0.1) is 5.82 Å². The molecule has 2 aromatic carbocycles. The molecule has 1 aromatic heterocycles. The first-order chi connectivity index (χ1) is 18.5. The standard InChI is InChI=1S/C28H28ClFN4O4/c29-22-7-3-21(4-8-22)25-18-24(20-5-9-23(30)10-6-20)31-34(25)27(35)19-33(28(36)26-2-1-15-38-26)12-11-32-13-16-37-17-14-32/h1-10,15,25H,11-14,16-19H2. The molecule has 5 rings (SSSR count). The molecule has 38 heavy (non-hydrogen) atoms. The van der Waals surface area contributed by atoms with E-state index in [-0.39, 0.29) is 36.0 Å². The summed E-state index contributed by atoms with van der Waals surface area (Å²) >= 11 is 6.10. The summed E-state index contributed by atoms with van der Waals surface area (Å²) < 4.78 is 24.3. The van der Waals surface area contributed by atoms with Gasteiger partial charge in [0.15, 0.2) is 5.76 Å². The highest BCUT2D eigenvalue weighted by Gasteiger charge is 2.35. The zero-order valence-electron chi connectivity index (χ0n) is 20.8. The lowest BCUT2D eigenvalue weighted by Crippen LogP contribution is -2.46. The third-order valence-electron chi connectivity index (χ3n) is 6.73. The smallest absolute Gasteiger partial charge is 0.290 e. The molecule has 1 unspecified atom stereocenters. The summed E-state index contributed by atoms with van der Waals surface area (Å²) in [5.41, 5.74) is 2.26. The van der Waals surface area contributed by atoms with Crippen molar-refractivity contribution >= 4 is 29.1 Å². The lowest BCUT2D eigenvalue weighted by atomic mass is 9.98. The average molecular weight is 539 g/mol. The van der Waals surface area contributed by atoms with Crippen LogP contribution >= 0.6 is 11.6 Å². The minimum atomic E-state index is -0.389. The number of benzene rings is 2. The fourth-order valence-electron chi connectivity index (χ4n) is 4.63. The van der Waals surface area contributed by atoms with Crippen LogP contribution in [0.5, 0.6) is 0 Å². The second kappa shape index (κ2) is 11.9. The van der Waals surface area contributed by atoms with Crippen molar-refractivity contribution < 1.29 is 23.1 Å². The van der Waals surface area contributed by atoms with Crippen molar-refractivity contribution in [3.63, 3.8) is 0 Å². The zero-order chi connectivity index (χ0) is 26.5. The average Bonchev–Trinajstić information content (AvgIpc) is 3.63. The first-order valence-corrected chi connectivity index (χ1v) is 12.9. The Labute approximate surface area is 225 Å². The molecule has 1 fully saturated rings. The van der Waals surface area contributed by atoms with Gasteiger partial charge in [0, 0.05) is 37.6 Å². The van der Waals surface area contributed by atoms with E-state index in [1.807, 2.05) is 12.1 Å². The van der Waals surface area contributed by atoms with Gasteiger partial charge in [0.25, 0.3) is 11.8 Å². The number of amides is 2. The molecule has 2 aliphatic heterocycles. The van der Waals surface area contributed by atoms with E-state index in [4.69, 9.17) is 20.8 Å². The third-order valence-corrected chi connectivity index (χ3v) is 6.99. The number of ether oxygens (including phenoxy) is 1. The maximum atomic E-state index is 13.7. The van der Waals surface area contributed by atoms with Crippen LogP contribution in [0.25, 0.3) is 0 Å². The van der Waals surface area contributed by atoms with Gasteiger partial charge in [-0.25, -0.2) is 9.40 Å². The number of morpholine rings is 1. The van der Waals surface area contributed by atoms with Gasteiger partial charge in [0.1, 0.15) is 12.4 Å². The number of hydrazone groups is 1. The van der Waals surface area contributed by atoms with E-state index < -0.39 is 0 Å². The van der Waals surface area contributed by atoms with Crippen molar-refractivity contribution in [1.82, 2.24) is 14.8 Å². The normalized spacial score (nSPS) is 17.9. The molecule has 3 heterocycles. The summed E-state index contributed by atoms with van der Waals surface area (Å²) in [5, 5.41) is 6.67. The number of carbonyl (C=O) groups excluding carboxylic acids is 2. The number of carbonyl (C=O) groups is 2. The first-order valence-electron chi connectivity index (χ1n) is 12.5. The largest absolute Gasteiger partial charge is 0.459 e. The Morgan fingerprint density at radius 2 is 1.79 bits per heavy atom. The van der Waals surface area contributed by atoms with Crippen LogP contribution in [-0.2, 0) is 9.53 Å². The first kappa shape index (κ1) is 26.1. The lowest BCUT2D eigenvalue weighted by molar-refractivity contribution is -0.133. The Kier molecular flexibility index (Phi) is 8.17. The van der Waals surface area contributed by atoms with Crippen molar-refractivity contribution in [1.29, 1.82) is 0 Å². The van der Waals surface area contributed by atoms with Crippen LogP contribution in [0.3, 0.4) is 0 Å². The second-order valence-electron chi connectivity index (χ2n) is 9.22. The van der Waals surface area contributed by atoms with Gasteiger partial charge in [-0.2, -0.15) is 5.10 Å². The van der Waals surface area contributed by atoms with Gasteiger partial charge in [-0.1, -0.05) is 35.9 Å². The molecule has 8 nitrogen and oxygen atoms in total. The van der Waals surface area contributed by atoms with E-state index in [0.29, 0.717) is 43.5 Å². The summed E-state index contributed by atoms with van der Waals surface area (Å²) in [7, 11) is 0. The molecule has 198 valence electrons. The maximum Gasteiger partial charge on any atom is 0.290 e. The van der Waals surface area contributed by atoms with Gasteiger partial charge >= 0.3 is 0 Å². The summed E-state index contributed by atoms with van der Waals surface area (Å²) in [6, 6.07) is 16.1. The highest BCUT2D eigenvalue weighted by atomic mass is 35.5. The molecule has 2 aliphatic rings. The molecule has 0 spiro atoms. The Balaban J connectivity index is 1.39.